The minimum absolute atomic E-state index is 0.0504. The number of nitrogens with two attached hydrogens (primary N) is 1. The Morgan fingerprint density at radius 2 is 1.83 bits per heavy atom. The molecule has 1 atom stereocenters. The van der Waals surface area contributed by atoms with E-state index in [1.807, 2.05) is 6.92 Å². The lowest BCUT2D eigenvalue weighted by atomic mass is 9.87. The summed E-state index contributed by atoms with van der Waals surface area (Å²) >= 11 is 3.59. The van der Waals surface area contributed by atoms with Crippen molar-refractivity contribution < 1.29 is 9.47 Å². The highest BCUT2D eigenvalue weighted by Crippen LogP contribution is 2.56. The third-order valence-corrected chi connectivity index (χ3v) is 4.85. The van der Waals surface area contributed by atoms with E-state index in [1.165, 1.54) is 0 Å². The summed E-state index contributed by atoms with van der Waals surface area (Å²) in [4.78, 5) is 0. The highest BCUT2D eigenvalue weighted by Gasteiger charge is 2.50. The average Bonchev–Trinajstić information content (AvgIpc) is 3.13. The molecule has 0 radical (unpaired) electrons. The summed E-state index contributed by atoms with van der Waals surface area (Å²) in [5.74, 6) is 1.63. The van der Waals surface area contributed by atoms with Crippen molar-refractivity contribution in [2.75, 3.05) is 14.2 Å². The molecule has 1 saturated carbocycles. The molecule has 0 aromatic heterocycles. The molecule has 1 unspecified atom stereocenters. The predicted octanol–water partition coefficient (Wildman–Crippen LogP) is 3.15. The number of hydrogen-bond acceptors (Lipinski definition) is 3. The number of hydrogen-bond donors (Lipinski definition) is 1. The first kappa shape index (κ1) is 13.7. The van der Waals surface area contributed by atoms with Crippen LogP contribution in [0.15, 0.2) is 10.5 Å². The van der Waals surface area contributed by atoms with Crippen molar-refractivity contribution in [1.82, 2.24) is 0 Å². The molecule has 0 aliphatic heterocycles. The first-order chi connectivity index (χ1) is 8.47. The van der Waals surface area contributed by atoms with E-state index >= 15 is 0 Å². The molecular weight excluding hydrogens is 294 g/mol. The summed E-state index contributed by atoms with van der Waals surface area (Å²) in [6.45, 7) is 4.08. The lowest BCUT2D eigenvalue weighted by Gasteiger charge is -2.25. The van der Waals surface area contributed by atoms with Crippen LogP contribution in [0.2, 0.25) is 0 Å². The first-order valence-electron chi connectivity index (χ1n) is 6.15. The van der Waals surface area contributed by atoms with Crippen LogP contribution in [0.1, 0.15) is 30.9 Å². The fourth-order valence-electron chi connectivity index (χ4n) is 2.62. The topological polar surface area (TPSA) is 44.5 Å². The van der Waals surface area contributed by atoms with Crippen LogP contribution in [0.5, 0.6) is 11.5 Å². The molecule has 0 bridgehead atoms. The minimum Gasteiger partial charge on any atom is -0.493 e. The first-order valence-corrected chi connectivity index (χ1v) is 6.94. The van der Waals surface area contributed by atoms with E-state index < -0.39 is 0 Å². The maximum absolute atomic E-state index is 6.16. The Labute approximate surface area is 117 Å². The summed E-state index contributed by atoms with van der Waals surface area (Å²) in [5.41, 5.74) is 8.42. The summed E-state index contributed by atoms with van der Waals surface area (Å²) in [5, 5.41) is 0. The average molecular weight is 314 g/mol. The molecule has 0 amide bonds. The second-order valence-electron chi connectivity index (χ2n) is 5.04. The van der Waals surface area contributed by atoms with E-state index in [2.05, 4.69) is 28.9 Å². The Morgan fingerprint density at radius 3 is 2.22 bits per heavy atom. The van der Waals surface area contributed by atoms with Gasteiger partial charge >= 0.3 is 0 Å². The van der Waals surface area contributed by atoms with E-state index in [9.17, 15) is 0 Å². The van der Waals surface area contributed by atoms with E-state index in [0.717, 1.165) is 39.9 Å². The number of rotatable bonds is 4. The fourth-order valence-corrected chi connectivity index (χ4v) is 3.03. The van der Waals surface area contributed by atoms with Crippen molar-refractivity contribution in [2.24, 2.45) is 5.73 Å². The smallest absolute Gasteiger partial charge is 0.165 e. The third-order valence-electron chi connectivity index (χ3n) is 4.03. The molecule has 1 aromatic rings. The zero-order valence-electron chi connectivity index (χ0n) is 11.3. The molecule has 2 N–H and O–H groups in total. The van der Waals surface area contributed by atoms with Gasteiger partial charge < -0.3 is 15.2 Å². The fraction of sp³-hybridized carbons (Fsp3) is 0.571. The molecule has 0 spiro atoms. The van der Waals surface area contributed by atoms with Gasteiger partial charge in [0.25, 0.3) is 0 Å². The zero-order chi connectivity index (χ0) is 13.5. The summed E-state index contributed by atoms with van der Waals surface area (Å²) in [6, 6.07) is 2.25. The Balaban J connectivity index is 2.64. The van der Waals surface area contributed by atoms with Crippen LogP contribution < -0.4 is 15.2 Å². The maximum atomic E-state index is 6.16. The van der Waals surface area contributed by atoms with Crippen molar-refractivity contribution >= 4 is 15.9 Å². The van der Waals surface area contributed by atoms with Crippen LogP contribution in [-0.2, 0) is 5.41 Å². The van der Waals surface area contributed by atoms with Gasteiger partial charge in [0.1, 0.15) is 0 Å². The molecule has 1 fully saturated rings. The van der Waals surface area contributed by atoms with E-state index in [0.29, 0.717) is 0 Å². The van der Waals surface area contributed by atoms with Gasteiger partial charge in [-0.15, -0.1) is 0 Å². The van der Waals surface area contributed by atoms with Crippen LogP contribution in [0.3, 0.4) is 0 Å². The Bertz CT molecular complexity index is 467. The van der Waals surface area contributed by atoms with Gasteiger partial charge in [0.15, 0.2) is 11.5 Å². The SMILES string of the molecule is COc1c(C2(C(C)N)CC2)cc(Br)c(C)c1OC. The lowest BCUT2D eigenvalue weighted by molar-refractivity contribution is 0.343. The third kappa shape index (κ3) is 1.91. The van der Waals surface area contributed by atoms with E-state index in [-0.39, 0.29) is 11.5 Å². The highest BCUT2D eigenvalue weighted by atomic mass is 79.9. The summed E-state index contributed by atoms with van der Waals surface area (Å²) in [7, 11) is 3.36. The second kappa shape index (κ2) is 4.74. The summed E-state index contributed by atoms with van der Waals surface area (Å²) < 4.78 is 12.1. The van der Waals surface area contributed by atoms with Crippen LogP contribution in [0.25, 0.3) is 0 Å². The molecule has 1 aliphatic carbocycles. The predicted molar refractivity (Wildman–Crippen MR) is 76.5 cm³/mol. The van der Waals surface area contributed by atoms with Crippen LogP contribution in [-0.4, -0.2) is 20.3 Å². The van der Waals surface area contributed by atoms with Gasteiger partial charge in [0, 0.05) is 27.1 Å². The Morgan fingerprint density at radius 1 is 1.28 bits per heavy atom. The van der Waals surface area contributed by atoms with Gasteiger partial charge in [0.2, 0.25) is 0 Å². The summed E-state index contributed by atoms with van der Waals surface area (Å²) in [6.07, 6.45) is 2.22. The standard InChI is InChI=1S/C14H20BrNO2/c1-8-11(15)7-10(13(18-4)12(8)17-3)14(5-6-14)9(2)16/h7,9H,5-6,16H2,1-4H3. The van der Waals surface area contributed by atoms with Crippen molar-refractivity contribution in [1.29, 1.82) is 0 Å². The Kier molecular flexibility index (Phi) is 3.60. The molecule has 100 valence electrons. The number of ether oxygens (including phenoxy) is 2. The quantitative estimate of drug-likeness (QED) is 0.928. The molecule has 18 heavy (non-hydrogen) atoms. The largest absolute Gasteiger partial charge is 0.493 e. The number of halogens is 1. The van der Waals surface area contributed by atoms with Crippen LogP contribution >= 0.6 is 15.9 Å². The normalized spacial score (nSPS) is 18.3. The molecule has 0 saturated heterocycles. The van der Waals surface area contributed by atoms with Gasteiger partial charge in [-0.25, -0.2) is 0 Å². The van der Waals surface area contributed by atoms with Gasteiger partial charge in [-0.1, -0.05) is 15.9 Å². The molecule has 2 rings (SSSR count). The molecule has 1 aromatic carbocycles. The minimum atomic E-state index is 0.0504. The molecule has 4 heteroatoms. The van der Waals surface area contributed by atoms with Gasteiger partial charge in [0.05, 0.1) is 14.2 Å². The van der Waals surface area contributed by atoms with Gasteiger partial charge in [-0.05, 0) is 32.8 Å². The van der Waals surface area contributed by atoms with Crippen molar-refractivity contribution in [3.63, 3.8) is 0 Å². The highest BCUT2D eigenvalue weighted by molar-refractivity contribution is 9.10. The number of benzene rings is 1. The second-order valence-corrected chi connectivity index (χ2v) is 5.90. The molecular formula is C14H20BrNO2. The number of methoxy groups -OCH3 is 2. The van der Waals surface area contributed by atoms with Crippen LogP contribution in [0, 0.1) is 6.92 Å². The molecule has 0 heterocycles. The van der Waals surface area contributed by atoms with Gasteiger partial charge in [-0.2, -0.15) is 0 Å². The van der Waals surface area contributed by atoms with Crippen molar-refractivity contribution in [2.45, 2.75) is 38.1 Å². The van der Waals surface area contributed by atoms with Crippen molar-refractivity contribution in [3.05, 3.63) is 21.7 Å². The Hall–Kier alpha value is -0.740. The van der Waals surface area contributed by atoms with E-state index in [1.54, 1.807) is 14.2 Å². The maximum Gasteiger partial charge on any atom is 0.165 e. The van der Waals surface area contributed by atoms with Crippen molar-refractivity contribution in [3.8, 4) is 11.5 Å². The van der Waals surface area contributed by atoms with Gasteiger partial charge in [-0.3, -0.25) is 0 Å². The van der Waals surface area contributed by atoms with Crippen LogP contribution in [0.4, 0.5) is 0 Å². The molecule has 1 aliphatic rings. The lowest BCUT2D eigenvalue weighted by Crippen LogP contribution is -2.32. The zero-order valence-corrected chi connectivity index (χ0v) is 12.9. The molecule has 3 nitrogen and oxygen atoms in total. The van der Waals surface area contributed by atoms with E-state index in [4.69, 9.17) is 15.2 Å². The monoisotopic (exact) mass is 313 g/mol.